The van der Waals surface area contributed by atoms with Crippen LogP contribution in [0.3, 0.4) is 0 Å². The van der Waals surface area contributed by atoms with Gasteiger partial charge in [0, 0.05) is 5.56 Å². The fourth-order valence-corrected chi connectivity index (χ4v) is 3.14. The Bertz CT molecular complexity index is 884. The second kappa shape index (κ2) is 10.6. The summed E-state index contributed by atoms with van der Waals surface area (Å²) < 4.78 is 5.23. The normalized spacial score (nSPS) is 11.7. The third-order valence-electron chi connectivity index (χ3n) is 4.45. The lowest BCUT2D eigenvalue weighted by molar-refractivity contribution is -0.148. The molecule has 0 saturated carbocycles. The van der Waals surface area contributed by atoms with Gasteiger partial charge < -0.3 is 15.4 Å². The zero-order valence-corrected chi connectivity index (χ0v) is 18.2. The summed E-state index contributed by atoms with van der Waals surface area (Å²) in [5.74, 6) is -1.09. The SMILES string of the molecule is Cc1ccc(C(CC(=O)OC(C)C)NC(=O)CNC(=O)c2cc(C)cc(C)c2)cc1. The number of hydrogen-bond acceptors (Lipinski definition) is 4. The quantitative estimate of drug-likeness (QED) is 0.652. The number of carbonyl (C=O) groups excluding carboxylic acids is 3. The molecule has 2 amide bonds. The largest absolute Gasteiger partial charge is 0.463 e. The molecule has 160 valence electrons. The summed E-state index contributed by atoms with van der Waals surface area (Å²) in [5.41, 5.74) is 4.35. The van der Waals surface area contributed by atoms with E-state index in [1.54, 1.807) is 26.0 Å². The van der Waals surface area contributed by atoms with E-state index in [4.69, 9.17) is 4.74 Å². The summed E-state index contributed by atoms with van der Waals surface area (Å²) in [4.78, 5) is 37.0. The maximum absolute atomic E-state index is 12.5. The van der Waals surface area contributed by atoms with Gasteiger partial charge in [-0.2, -0.15) is 0 Å². The van der Waals surface area contributed by atoms with Crippen molar-refractivity contribution in [2.45, 2.75) is 53.2 Å². The fraction of sp³-hybridized carbons (Fsp3) is 0.375. The van der Waals surface area contributed by atoms with Crippen molar-refractivity contribution in [3.05, 3.63) is 70.3 Å². The van der Waals surface area contributed by atoms with Gasteiger partial charge in [-0.15, -0.1) is 0 Å². The second-order valence-corrected chi connectivity index (χ2v) is 7.83. The molecular formula is C24H30N2O4. The number of rotatable bonds is 8. The van der Waals surface area contributed by atoms with Crippen molar-refractivity contribution < 1.29 is 19.1 Å². The van der Waals surface area contributed by atoms with E-state index < -0.39 is 12.0 Å². The van der Waals surface area contributed by atoms with Gasteiger partial charge in [0.2, 0.25) is 5.91 Å². The van der Waals surface area contributed by atoms with Crippen molar-refractivity contribution in [1.29, 1.82) is 0 Å². The maximum atomic E-state index is 12.5. The number of ether oxygens (including phenoxy) is 1. The molecule has 0 aromatic heterocycles. The molecule has 0 aliphatic rings. The number of amides is 2. The Balaban J connectivity index is 2.03. The lowest BCUT2D eigenvalue weighted by Gasteiger charge is -2.20. The molecular weight excluding hydrogens is 380 g/mol. The molecule has 0 heterocycles. The molecule has 0 saturated heterocycles. The lowest BCUT2D eigenvalue weighted by atomic mass is 10.0. The van der Waals surface area contributed by atoms with Crippen LogP contribution < -0.4 is 10.6 Å². The molecule has 1 unspecified atom stereocenters. The van der Waals surface area contributed by atoms with Gasteiger partial charge in [0.15, 0.2) is 0 Å². The Kier molecular flexibility index (Phi) is 8.16. The van der Waals surface area contributed by atoms with Crippen molar-refractivity contribution in [2.24, 2.45) is 0 Å². The average molecular weight is 411 g/mol. The van der Waals surface area contributed by atoms with Crippen molar-refractivity contribution in [3.8, 4) is 0 Å². The Morgan fingerprint density at radius 1 is 0.900 bits per heavy atom. The maximum Gasteiger partial charge on any atom is 0.308 e. The molecule has 0 radical (unpaired) electrons. The van der Waals surface area contributed by atoms with Gasteiger partial charge in [-0.3, -0.25) is 14.4 Å². The third-order valence-corrected chi connectivity index (χ3v) is 4.45. The summed E-state index contributed by atoms with van der Waals surface area (Å²) in [6, 6.07) is 12.6. The molecule has 0 spiro atoms. The van der Waals surface area contributed by atoms with Crippen LogP contribution in [0.25, 0.3) is 0 Å². The molecule has 2 aromatic rings. The topological polar surface area (TPSA) is 84.5 Å². The standard InChI is InChI=1S/C24H30N2O4/c1-15(2)30-23(28)13-21(19-8-6-16(3)7-9-19)26-22(27)14-25-24(29)20-11-17(4)10-18(5)12-20/h6-12,15,21H,13-14H2,1-5H3,(H,25,29)(H,26,27). The minimum Gasteiger partial charge on any atom is -0.463 e. The van der Waals surface area contributed by atoms with Crippen molar-refractivity contribution >= 4 is 17.8 Å². The summed E-state index contributed by atoms with van der Waals surface area (Å²) in [5, 5.41) is 5.47. The predicted molar refractivity (Wildman–Crippen MR) is 116 cm³/mol. The minimum atomic E-state index is -0.539. The third kappa shape index (κ3) is 7.35. The Morgan fingerprint density at radius 2 is 1.50 bits per heavy atom. The molecule has 6 heteroatoms. The molecule has 0 aliphatic heterocycles. The number of hydrogen-bond donors (Lipinski definition) is 2. The zero-order valence-electron chi connectivity index (χ0n) is 18.2. The van der Waals surface area contributed by atoms with Crippen molar-refractivity contribution in [2.75, 3.05) is 6.54 Å². The van der Waals surface area contributed by atoms with Gasteiger partial charge in [-0.25, -0.2) is 0 Å². The van der Waals surface area contributed by atoms with Crippen LogP contribution in [-0.4, -0.2) is 30.4 Å². The van der Waals surface area contributed by atoms with Crippen LogP contribution in [0.4, 0.5) is 0 Å². The number of esters is 1. The van der Waals surface area contributed by atoms with Crippen LogP contribution in [0.1, 0.15) is 58.9 Å². The van der Waals surface area contributed by atoms with Crippen LogP contribution in [-0.2, 0) is 14.3 Å². The van der Waals surface area contributed by atoms with Gasteiger partial charge in [0.05, 0.1) is 25.1 Å². The second-order valence-electron chi connectivity index (χ2n) is 7.83. The van der Waals surface area contributed by atoms with E-state index >= 15 is 0 Å². The van der Waals surface area contributed by atoms with Gasteiger partial charge in [0.25, 0.3) is 5.91 Å². The number of aryl methyl sites for hydroxylation is 3. The minimum absolute atomic E-state index is 0.0119. The highest BCUT2D eigenvalue weighted by molar-refractivity contribution is 5.96. The smallest absolute Gasteiger partial charge is 0.308 e. The Labute approximate surface area is 178 Å². The highest BCUT2D eigenvalue weighted by atomic mass is 16.5. The molecule has 0 bridgehead atoms. The van der Waals surface area contributed by atoms with E-state index in [1.165, 1.54) is 0 Å². The highest BCUT2D eigenvalue weighted by Gasteiger charge is 2.20. The predicted octanol–water partition coefficient (Wildman–Crippen LogP) is 3.54. The molecule has 2 aromatic carbocycles. The van der Waals surface area contributed by atoms with Gasteiger partial charge in [-0.05, 0) is 52.3 Å². The van der Waals surface area contributed by atoms with E-state index in [0.717, 1.165) is 22.3 Å². The summed E-state index contributed by atoms with van der Waals surface area (Å²) in [6.07, 6.45) is -0.221. The fourth-order valence-electron chi connectivity index (χ4n) is 3.14. The van der Waals surface area contributed by atoms with Gasteiger partial charge >= 0.3 is 5.97 Å². The van der Waals surface area contributed by atoms with Crippen LogP contribution >= 0.6 is 0 Å². The van der Waals surface area contributed by atoms with Crippen LogP contribution in [0, 0.1) is 20.8 Å². The molecule has 0 fully saturated rings. The first-order valence-electron chi connectivity index (χ1n) is 10.1. The van der Waals surface area contributed by atoms with Gasteiger partial charge in [0.1, 0.15) is 0 Å². The Morgan fingerprint density at radius 3 is 2.07 bits per heavy atom. The average Bonchev–Trinajstić information content (AvgIpc) is 2.64. The van der Waals surface area contributed by atoms with Crippen molar-refractivity contribution in [3.63, 3.8) is 0 Å². The van der Waals surface area contributed by atoms with E-state index in [9.17, 15) is 14.4 Å². The number of nitrogens with one attached hydrogen (secondary N) is 2. The van der Waals surface area contributed by atoms with E-state index in [0.29, 0.717) is 5.56 Å². The van der Waals surface area contributed by atoms with Gasteiger partial charge in [-0.1, -0.05) is 47.0 Å². The summed E-state index contributed by atoms with van der Waals surface area (Å²) in [7, 11) is 0. The first-order valence-corrected chi connectivity index (χ1v) is 10.1. The zero-order chi connectivity index (χ0) is 22.3. The summed E-state index contributed by atoms with van der Waals surface area (Å²) >= 11 is 0. The van der Waals surface area contributed by atoms with Crippen molar-refractivity contribution in [1.82, 2.24) is 10.6 Å². The lowest BCUT2D eigenvalue weighted by Crippen LogP contribution is -2.39. The molecule has 6 nitrogen and oxygen atoms in total. The molecule has 2 N–H and O–H groups in total. The first kappa shape index (κ1) is 23.1. The van der Waals surface area contributed by atoms with E-state index in [1.807, 2.05) is 51.1 Å². The molecule has 1 atom stereocenters. The Hall–Kier alpha value is -3.15. The molecule has 30 heavy (non-hydrogen) atoms. The van der Waals surface area contributed by atoms with Crippen LogP contribution in [0.5, 0.6) is 0 Å². The monoisotopic (exact) mass is 410 g/mol. The molecule has 2 rings (SSSR count). The van der Waals surface area contributed by atoms with E-state index in [-0.39, 0.29) is 30.9 Å². The number of carbonyl (C=O) groups is 3. The van der Waals surface area contributed by atoms with E-state index in [2.05, 4.69) is 10.6 Å². The molecule has 0 aliphatic carbocycles. The van der Waals surface area contributed by atoms with Crippen LogP contribution in [0.2, 0.25) is 0 Å². The van der Waals surface area contributed by atoms with Crippen LogP contribution in [0.15, 0.2) is 42.5 Å². The highest BCUT2D eigenvalue weighted by Crippen LogP contribution is 2.18. The first-order chi connectivity index (χ1) is 14.1. The number of benzene rings is 2. The summed E-state index contributed by atoms with van der Waals surface area (Å²) in [6.45, 7) is 9.16.